The molecule has 2 aliphatic heterocycles. The van der Waals surface area contributed by atoms with Gasteiger partial charge in [0.05, 0.1) is 17.4 Å². The zero-order chi connectivity index (χ0) is 16.7. The van der Waals surface area contributed by atoms with Crippen LogP contribution in [0.25, 0.3) is 6.08 Å². The number of fused-ring (bicyclic) bond motifs is 4. The number of nitrogens with zero attached hydrogens (tertiary/aromatic N) is 4. The number of anilines is 3. The fraction of sp³-hybridized carbons (Fsp3) is 0.263. The fourth-order valence-electron chi connectivity index (χ4n) is 3.50. The Hall–Kier alpha value is -2.82. The molecule has 2 aliphatic rings. The van der Waals surface area contributed by atoms with Crippen molar-refractivity contribution in [3.05, 3.63) is 60.7 Å². The summed E-state index contributed by atoms with van der Waals surface area (Å²) in [4.78, 5) is 13.8. The molecule has 1 fully saturated rings. The minimum atomic E-state index is 0.383. The van der Waals surface area contributed by atoms with Crippen LogP contribution in [0.3, 0.4) is 0 Å². The summed E-state index contributed by atoms with van der Waals surface area (Å²) in [6.45, 7) is 12.2. The van der Waals surface area contributed by atoms with Crippen LogP contribution < -0.4 is 15.1 Å². The van der Waals surface area contributed by atoms with Gasteiger partial charge in [0.25, 0.3) is 0 Å². The van der Waals surface area contributed by atoms with E-state index in [0.29, 0.717) is 6.04 Å². The molecule has 0 aliphatic carbocycles. The Labute approximate surface area is 142 Å². The van der Waals surface area contributed by atoms with Crippen LogP contribution in [0.5, 0.6) is 0 Å². The molecule has 0 saturated carbocycles. The summed E-state index contributed by atoms with van der Waals surface area (Å²) in [5.74, 6) is 2.61. The smallest absolute Gasteiger partial charge is 0.158 e. The molecule has 0 amide bonds. The molecule has 0 aromatic carbocycles. The van der Waals surface area contributed by atoms with Crippen molar-refractivity contribution < 1.29 is 0 Å². The summed E-state index contributed by atoms with van der Waals surface area (Å²) in [7, 11) is 0. The summed E-state index contributed by atoms with van der Waals surface area (Å²) in [5.41, 5.74) is 3.13. The average Bonchev–Trinajstić information content (AvgIpc) is 3.01. The van der Waals surface area contributed by atoms with Crippen molar-refractivity contribution in [2.24, 2.45) is 0 Å². The zero-order valence-corrected chi connectivity index (χ0v) is 13.9. The fourth-order valence-corrected chi connectivity index (χ4v) is 3.50. The number of pyridine rings is 2. The van der Waals surface area contributed by atoms with Crippen LogP contribution in [0.2, 0.25) is 0 Å². The van der Waals surface area contributed by atoms with Crippen LogP contribution in [0.4, 0.5) is 17.3 Å². The second-order valence-electron chi connectivity index (χ2n) is 6.28. The van der Waals surface area contributed by atoms with Gasteiger partial charge < -0.3 is 15.1 Å². The summed E-state index contributed by atoms with van der Waals surface area (Å²) in [5, 5.41) is 3.38. The molecule has 2 bridgehead atoms. The van der Waals surface area contributed by atoms with Gasteiger partial charge in [-0.1, -0.05) is 19.2 Å². The molecule has 1 saturated heterocycles. The van der Waals surface area contributed by atoms with Gasteiger partial charge >= 0.3 is 0 Å². The molecule has 1 N–H and O–H groups in total. The highest BCUT2D eigenvalue weighted by Gasteiger charge is 2.38. The molecular formula is C19H21N5. The maximum absolute atomic E-state index is 4.78. The van der Waals surface area contributed by atoms with Crippen molar-refractivity contribution >= 4 is 23.4 Å². The van der Waals surface area contributed by atoms with Crippen LogP contribution >= 0.6 is 0 Å². The highest BCUT2D eigenvalue weighted by Crippen LogP contribution is 2.40. The number of hydrogen-bond donors (Lipinski definition) is 1. The van der Waals surface area contributed by atoms with Gasteiger partial charge in [0.2, 0.25) is 0 Å². The van der Waals surface area contributed by atoms with Gasteiger partial charge in [-0.3, -0.25) is 0 Å². The molecule has 5 heteroatoms. The summed E-state index contributed by atoms with van der Waals surface area (Å²) < 4.78 is 0. The lowest BCUT2D eigenvalue weighted by molar-refractivity contribution is 0.676. The van der Waals surface area contributed by atoms with Crippen molar-refractivity contribution in [1.29, 1.82) is 0 Å². The van der Waals surface area contributed by atoms with Gasteiger partial charge in [0.1, 0.15) is 11.6 Å². The minimum absolute atomic E-state index is 0.383. The highest BCUT2D eigenvalue weighted by atomic mass is 15.4. The third-order valence-electron chi connectivity index (χ3n) is 4.75. The topological polar surface area (TPSA) is 44.3 Å². The predicted molar refractivity (Wildman–Crippen MR) is 99.2 cm³/mol. The summed E-state index contributed by atoms with van der Waals surface area (Å²) in [6, 6.07) is 8.51. The van der Waals surface area contributed by atoms with E-state index in [1.54, 1.807) is 12.3 Å². The van der Waals surface area contributed by atoms with E-state index in [4.69, 9.17) is 4.98 Å². The second kappa shape index (κ2) is 5.67. The zero-order valence-electron chi connectivity index (χ0n) is 13.9. The quantitative estimate of drug-likeness (QED) is 0.935. The van der Waals surface area contributed by atoms with E-state index in [1.807, 2.05) is 25.1 Å². The van der Waals surface area contributed by atoms with Gasteiger partial charge in [0.15, 0.2) is 5.82 Å². The van der Waals surface area contributed by atoms with Crippen molar-refractivity contribution in [2.75, 3.05) is 28.2 Å². The van der Waals surface area contributed by atoms with Gasteiger partial charge in [-0.25, -0.2) is 9.97 Å². The number of nitrogens with one attached hydrogen (secondary N) is 1. The third kappa shape index (κ3) is 2.33. The van der Waals surface area contributed by atoms with Crippen LogP contribution in [-0.2, 0) is 0 Å². The van der Waals surface area contributed by atoms with E-state index in [1.165, 1.54) is 0 Å². The second-order valence-corrected chi connectivity index (χ2v) is 6.28. The van der Waals surface area contributed by atoms with Gasteiger partial charge in [-0.15, -0.1) is 0 Å². The largest absolute Gasteiger partial charge is 0.366 e. The molecular weight excluding hydrogens is 298 g/mol. The van der Waals surface area contributed by atoms with Crippen LogP contribution in [-0.4, -0.2) is 29.1 Å². The predicted octanol–water partition coefficient (Wildman–Crippen LogP) is 3.41. The van der Waals surface area contributed by atoms with Crippen molar-refractivity contribution in [3.63, 3.8) is 0 Å². The van der Waals surface area contributed by atoms with E-state index in [9.17, 15) is 0 Å². The molecule has 0 spiro atoms. The lowest BCUT2D eigenvalue weighted by atomic mass is 10.1. The third-order valence-corrected chi connectivity index (χ3v) is 4.75. The Kier molecular flexibility index (Phi) is 3.49. The lowest BCUT2D eigenvalue weighted by Gasteiger charge is -2.38. The van der Waals surface area contributed by atoms with Crippen molar-refractivity contribution in [1.82, 2.24) is 9.97 Å². The molecule has 0 unspecified atom stereocenters. The van der Waals surface area contributed by atoms with Crippen molar-refractivity contribution in [3.8, 4) is 0 Å². The summed E-state index contributed by atoms with van der Waals surface area (Å²) in [6.07, 6.45) is 4.67. The molecule has 2 aromatic rings. The molecule has 4 rings (SSSR count). The van der Waals surface area contributed by atoms with Crippen molar-refractivity contribution in [2.45, 2.75) is 19.4 Å². The molecule has 2 aromatic heterocycles. The van der Waals surface area contributed by atoms with Gasteiger partial charge in [-0.2, -0.15) is 0 Å². The Balaban J connectivity index is 1.71. The van der Waals surface area contributed by atoms with Crippen LogP contribution in [0.1, 0.15) is 17.7 Å². The van der Waals surface area contributed by atoms with Gasteiger partial charge in [-0.05, 0) is 43.2 Å². The SMILES string of the molecule is C=Cc1ccc2c(n1)N(C(=C)Nc1ncccc1C)[C@H]1CCN2C1. The number of aryl methyl sites for hydroxylation is 1. The molecule has 0 radical (unpaired) electrons. The number of hydrogen-bond acceptors (Lipinski definition) is 5. The molecule has 1 atom stereocenters. The maximum atomic E-state index is 4.78. The van der Waals surface area contributed by atoms with Crippen LogP contribution in [0.15, 0.2) is 49.4 Å². The van der Waals surface area contributed by atoms with E-state index >= 15 is 0 Å². The number of rotatable bonds is 4. The Morgan fingerprint density at radius 1 is 1.38 bits per heavy atom. The number of aromatic nitrogens is 2. The highest BCUT2D eigenvalue weighted by molar-refractivity contribution is 5.76. The maximum Gasteiger partial charge on any atom is 0.158 e. The monoisotopic (exact) mass is 319 g/mol. The average molecular weight is 319 g/mol. The normalized spacial score (nSPS) is 18.3. The first kappa shape index (κ1) is 14.8. The standard InChI is InChI=1S/C19H21N5/c1-4-15-7-8-17-19(22-15)24(16-9-11-23(17)12-16)14(3)21-18-13(2)6-5-10-20-18/h4-8,10,16H,1,3,9,11-12H2,2H3,(H,20,21)/t16-/m0/s1. The van der Waals surface area contributed by atoms with E-state index in [0.717, 1.165) is 53.9 Å². The Bertz CT molecular complexity index is 813. The minimum Gasteiger partial charge on any atom is -0.366 e. The van der Waals surface area contributed by atoms with E-state index in [2.05, 4.69) is 39.3 Å². The van der Waals surface area contributed by atoms with Gasteiger partial charge in [0, 0.05) is 19.3 Å². The molecule has 5 nitrogen and oxygen atoms in total. The first-order valence-electron chi connectivity index (χ1n) is 8.22. The van der Waals surface area contributed by atoms with E-state index < -0.39 is 0 Å². The first-order valence-corrected chi connectivity index (χ1v) is 8.22. The molecule has 4 heterocycles. The van der Waals surface area contributed by atoms with Crippen LogP contribution in [0, 0.1) is 6.92 Å². The first-order chi connectivity index (χ1) is 11.7. The lowest BCUT2D eigenvalue weighted by Crippen LogP contribution is -2.43. The summed E-state index contributed by atoms with van der Waals surface area (Å²) >= 11 is 0. The molecule has 122 valence electrons. The Morgan fingerprint density at radius 2 is 2.25 bits per heavy atom. The molecule has 24 heavy (non-hydrogen) atoms. The van der Waals surface area contributed by atoms with E-state index in [-0.39, 0.29) is 0 Å². The Morgan fingerprint density at radius 3 is 3.04 bits per heavy atom.